The Bertz CT molecular complexity index is 549. The van der Waals surface area contributed by atoms with Crippen LogP contribution >= 0.6 is 0 Å². The normalized spacial score (nSPS) is 17.4. The van der Waals surface area contributed by atoms with Crippen LogP contribution in [0.5, 0.6) is 0 Å². The van der Waals surface area contributed by atoms with Gasteiger partial charge in [-0.2, -0.15) is 5.10 Å². The first-order chi connectivity index (χ1) is 10.9. The number of methoxy groups -OCH3 is 1. The van der Waals surface area contributed by atoms with E-state index in [4.69, 9.17) is 4.74 Å². The third-order valence-corrected chi connectivity index (χ3v) is 5.12. The molecule has 1 heterocycles. The number of ether oxygens (including phenoxy) is 1. The number of carbonyl (C=O) groups is 1. The van der Waals surface area contributed by atoms with E-state index < -0.39 is 0 Å². The van der Waals surface area contributed by atoms with Gasteiger partial charge in [0.15, 0.2) is 0 Å². The number of nitrogens with zero attached hydrogens (tertiary/aromatic N) is 2. The second-order valence-electron chi connectivity index (χ2n) is 6.78. The highest BCUT2D eigenvalue weighted by Crippen LogP contribution is 2.40. The predicted molar refractivity (Wildman–Crippen MR) is 90.4 cm³/mol. The van der Waals surface area contributed by atoms with E-state index in [1.807, 2.05) is 25.6 Å². The van der Waals surface area contributed by atoms with Crippen molar-refractivity contribution in [2.24, 2.45) is 12.5 Å². The maximum Gasteiger partial charge on any atom is 0.315 e. The molecule has 23 heavy (non-hydrogen) atoms. The predicted octanol–water partition coefficient (Wildman–Crippen LogP) is 2.60. The fourth-order valence-corrected chi connectivity index (χ4v) is 3.50. The minimum absolute atomic E-state index is 0.0107. The lowest BCUT2D eigenvalue weighted by molar-refractivity contribution is 0.0199. The van der Waals surface area contributed by atoms with E-state index in [2.05, 4.69) is 22.7 Å². The van der Waals surface area contributed by atoms with Crippen molar-refractivity contribution in [3.05, 3.63) is 17.0 Å². The van der Waals surface area contributed by atoms with Crippen molar-refractivity contribution in [1.29, 1.82) is 0 Å². The molecule has 0 saturated heterocycles. The lowest BCUT2D eigenvalue weighted by Gasteiger charge is -2.41. The second-order valence-corrected chi connectivity index (χ2v) is 6.78. The highest BCUT2D eigenvalue weighted by Gasteiger charge is 2.37. The van der Waals surface area contributed by atoms with Gasteiger partial charge >= 0.3 is 6.03 Å². The fraction of sp³-hybridized carbons (Fsp3) is 0.765. The molecule has 2 N–H and O–H groups in total. The fourth-order valence-electron chi connectivity index (χ4n) is 3.50. The van der Waals surface area contributed by atoms with Gasteiger partial charge in [0, 0.05) is 37.4 Å². The minimum Gasteiger partial charge on any atom is -0.384 e. The first-order valence-electron chi connectivity index (χ1n) is 8.46. The summed E-state index contributed by atoms with van der Waals surface area (Å²) in [4.78, 5) is 12.3. The molecule has 2 rings (SSSR count). The Morgan fingerprint density at radius 1 is 1.43 bits per heavy atom. The van der Waals surface area contributed by atoms with E-state index in [0.29, 0.717) is 13.2 Å². The van der Waals surface area contributed by atoms with Gasteiger partial charge in [-0.15, -0.1) is 0 Å². The molecule has 0 radical (unpaired) electrons. The van der Waals surface area contributed by atoms with Crippen molar-refractivity contribution < 1.29 is 9.53 Å². The summed E-state index contributed by atoms with van der Waals surface area (Å²) in [6.45, 7) is 7.50. The van der Waals surface area contributed by atoms with Gasteiger partial charge in [-0.25, -0.2) is 4.79 Å². The quantitative estimate of drug-likeness (QED) is 0.811. The molecule has 1 aliphatic carbocycles. The Morgan fingerprint density at radius 2 is 2.13 bits per heavy atom. The van der Waals surface area contributed by atoms with Crippen LogP contribution in [0.4, 0.5) is 4.79 Å². The van der Waals surface area contributed by atoms with Crippen LogP contribution in [0.2, 0.25) is 0 Å². The van der Waals surface area contributed by atoms with Gasteiger partial charge in [0.05, 0.1) is 18.3 Å². The maximum absolute atomic E-state index is 12.3. The standard InChI is InChI=1S/C17H30N4O2/c1-6-14(15-12(2)20-21(4)13(15)3)19-16(22)18-10-17(11-23-5)8-7-9-17/h14H,6-11H2,1-5H3,(H2,18,19,22). The van der Waals surface area contributed by atoms with Crippen molar-refractivity contribution in [1.82, 2.24) is 20.4 Å². The third-order valence-electron chi connectivity index (χ3n) is 5.12. The highest BCUT2D eigenvalue weighted by atomic mass is 16.5. The molecular formula is C17H30N4O2. The molecule has 1 saturated carbocycles. The third kappa shape index (κ3) is 3.86. The topological polar surface area (TPSA) is 68.2 Å². The summed E-state index contributed by atoms with van der Waals surface area (Å²) in [6, 6.07) is -0.120. The maximum atomic E-state index is 12.3. The van der Waals surface area contributed by atoms with Gasteiger partial charge in [-0.1, -0.05) is 13.3 Å². The zero-order chi connectivity index (χ0) is 17.0. The molecule has 2 amide bonds. The molecule has 1 unspecified atom stereocenters. The summed E-state index contributed by atoms with van der Waals surface area (Å²) in [5, 5.41) is 10.6. The molecule has 6 nitrogen and oxygen atoms in total. The largest absolute Gasteiger partial charge is 0.384 e. The second kappa shape index (κ2) is 7.34. The van der Waals surface area contributed by atoms with Gasteiger partial charge in [0.25, 0.3) is 0 Å². The Kier molecular flexibility index (Phi) is 5.68. The number of hydrogen-bond acceptors (Lipinski definition) is 3. The van der Waals surface area contributed by atoms with Crippen molar-refractivity contribution in [3.63, 3.8) is 0 Å². The number of nitrogens with one attached hydrogen (secondary N) is 2. The number of urea groups is 1. The molecule has 1 aromatic rings. The molecular weight excluding hydrogens is 292 g/mol. The lowest BCUT2D eigenvalue weighted by Crippen LogP contribution is -2.48. The molecule has 0 aromatic carbocycles. The van der Waals surface area contributed by atoms with E-state index in [0.717, 1.165) is 36.2 Å². The molecule has 1 atom stereocenters. The van der Waals surface area contributed by atoms with Crippen LogP contribution in [0.1, 0.15) is 55.6 Å². The van der Waals surface area contributed by atoms with Crippen molar-refractivity contribution >= 4 is 6.03 Å². The number of aromatic nitrogens is 2. The Hall–Kier alpha value is -1.56. The van der Waals surface area contributed by atoms with E-state index in [9.17, 15) is 4.79 Å². The smallest absolute Gasteiger partial charge is 0.315 e. The summed E-state index contributed by atoms with van der Waals surface area (Å²) >= 11 is 0. The first-order valence-corrected chi connectivity index (χ1v) is 8.46. The zero-order valence-corrected chi connectivity index (χ0v) is 15.0. The minimum atomic E-state index is -0.109. The van der Waals surface area contributed by atoms with Gasteiger partial charge < -0.3 is 15.4 Å². The van der Waals surface area contributed by atoms with Crippen molar-refractivity contribution in [3.8, 4) is 0 Å². The van der Waals surface area contributed by atoms with Crippen LogP contribution in [0.15, 0.2) is 0 Å². The number of aryl methyl sites for hydroxylation is 2. The molecule has 0 aliphatic heterocycles. The van der Waals surface area contributed by atoms with Crippen LogP contribution in [0.3, 0.4) is 0 Å². The SMILES string of the molecule is CCC(NC(=O)NCC1(COC)CCC1)c1c(C)nn(C)c1C. The number of hydrogen-bond donors (Lipinski definition) is 2. The van der Waals surface area contributed by atoms with Crippen LogP contribution in [-0.2, 0) is 11.8 Å². The average molecular weight is 322 g/mol. The molecule has 130 valence electrons. The summed E-state index contributed by atoms with van der Waals surface area (Å²) < 4.78 is 7.17. The number of rotatable bonds is 7. The van der Waals surface area contributed by atoms with Crippen LogP contribution in [-0.4, -0.2) is 36.1 Å². The first kappa shape index (κ1) is 17.8. The van der Waals surface area contributed by atoms with Gasteiger partial charge in [-0.05, 0) is 33.1 Å². The van der Waals surface area contributed by atoms with E-state index in [1.54, 1.807) is 7.11 Å². The molecule has 0 bridgehead atoms. The van der Waals surface area contributed by atoms with Gasteiger partial charge in [0.1, 0.15) is 0 Å². The molecule has 6 heteroatoms. The summed E-state index contributed by atoms with van der Waals surface area (Å²) in [6.07, 6.45) is 4.31. The van der Waals surface area contributed by atoms with E-state index in [1.165, 1.54) is 6.42 Å². The van der Waals surface area contributed by atoms with E-state index in [-0.39, 0.29) is 17.5 Å². The lowest BCUT2D eigenvalue weighted by atomic mass is 9.69. The summed E-state index contributed by atoms with van der Waals surface area (Å²) in [5.41, 5.74) is 3.34. The van der Waals surface area contributed by atoms with Gasteiger partial charge in [-0.3, -0.25) is 4.68 Å². The highest BCUT2D eigenvalue weighted by molar-refractivity contribution is 5.74. The number of carbonyl (C=O) groups excluding carboxylic acids is 1. The Labute approximate surface area is 139 Å². The molecule has 0 spiro atoms. The molecule has 1 aromatic heterocycles. The van der Waals surface area contributed by atoms with Crippen LogP contribution in [0, 0.1) is 19.3 Å². The number of amides is 2. The average Bonchev–Trinajstić information content (AvgIpc) is 2.72. The van der Waals surface area contributed by atoms with Crippen molar-refractivity contribution in [2.45, 2.75) is 52.5 Å². The van der Waals surface area contributed by atoms with Crippen LogP contribution in [0.25, 0.3) is 0 Å². The summed E-state index contributed by atoms with van der Waals surface area (Å²) in [7, 11) is 3.66. The van der Waals surface area contributed by atoms with E-state index >= 15 is 0 Å². The Morgan fingerprint density at radius 3 is 2.57 bits per heavy atom. The zero-order valence-electron chi connectivity index (χ0n) is 15.0. The monoisotopic (exact) mass is 322 g/mol. The summed E-state index contributed by atoms with van der Waals surface area (Å²) in [5.74, 6) is 0. The van der Waals surface area contributed by atoms with Gasteiger partial charge in [0.2, 0.25) is 0 Å². The Balaban J connectivity index is 1.95. The molecule has 1 aliphatic rings. The van der Waals surface area contributed by atoms with Crippen molar-refractivity contribution in [2.75, 3.05) is 20.3 Å². The van der Waals surface area contributed by atoms with Crippen LogP contribution < -0.4 is 10.6 Å². The molecule has 1 fully saturated rings.